The van der Waals surface area contributed by atoms with Crippen LogP contribution in [0.15, 0.2) is 75.6 Å². The molecule has 4 aromatic rings. The van der Waals surface area contributed by atoms with Gasteiger partial charge in [0.15, 0.2) is 5.76 Å². The summed E-state index contributed by atoms with van der Waals surface area (Å²) in [7, 11) is 0. The summed E-state index contributed by atoms with van der Waals surface area (Å²) in [4.78, 5) is 4.51. The Kier molecular flexibility index (Phi) is 5.08. The summed E-state index contributed by atoms with van der Waals surface area (Å²) in [6, 6.07) is 19.9. The van der Waals surface area contributed by atoms with Crippen molar-refractivity contribution in [2.75, 3.05) is 5.43 Å². The highest BCUT2D eigenvalue weighted by Gasteiger charge is 2.09. The number of para-hydroxylation sites is 1. The fourth-order valence-electron chi connectivity index (χ4n) is 2.25. The zero-order valence-electron chi connectivity index (χ0n) is 12.5. The molecule has 2 heterocycles. The van der Waals surface area contributed by atoms with Crippen LogP contribution in [0.1, 0.15) is 5.56 Å². The first kappa shape index (κ1) is 16.4. The second-order valence-electron chi connectivity index (χ2n) is 4.97. The number of nitrogens with zero attached hydrogens (tertiary/aromatic N) is 2. The van der Waals surface area contributed by atoms with Crippen molar-refractivity contribution in [1.82, 2.24) is 4.98 Å². The molecule has 0 aliphatic carbocycles. The fraction of sp³-hybridized carbons (Fsp3) is 0. The normalized spacial score (nSPS) is 10.8. The predicted molar refractivity (Wildman–Crippen MR) is 105 cm³/mol. The van der Waals surface area contributed by atoms with Gasteiger partial charge in [0.1, 0.15) is 11.3 Å². The number of rotatable bonds is 4. The molecule has 0 aliphatic rings. The summed E-state index contributed by atoms with van der Waals surface area (Å²) < 4.78 is 5.82. The van der Waals surface area contributed by atoms with E-state index in [0.29, 0.717) is 0 Å². The summed E-state index contributed by atoms with van der Waals surface area (Å²) in [6.07, 6.45) is 1.77. The molecule has 0 amide bonds. The number of hydrogen-bond acceptors (Lipinski definition) is 5. The van der Waals surface area contributed by atoms with Crippen molar-refractivity contribution in [2.24, 2.45) is 5.10 Å². The highest BCUT2D eigenvalue weighted by atomic mass is 79.9. The lowest BCUT2D eigenvalue weighted by Crippen LogP contribution is -1.89. The molecular formula is C18H14BrN3OS. The maximum atomic E-state index is 5.82. The average Bonchev–Trinajstić information content (AvgIpc) is 3.22. The first-order valence-corrected chi connectivity index (χ1v) is 8.05. The molecule has 6 heteroatoms. The topological polar surface area (TPSA) is 50.4 Å². The Morgan fingerprint density at radius 3 is 2.67 bits per heavy atom. The number of anilines is 1. The molecule has 0 saturated carbocycles. The van der Waals surface area contributed by atoms with E-state index in [0.717, 1.165) is 33.1 Å². The van der Waals surface area contributed by atoms with Crippen LogP contribution >= 0.6 is 28.3 Å². The van der Waals surface area contributed by atoms with Crippen LogP contribution in [0.5, 0.6) is 0 Å². The number of furan rings is 1. The molecule has 120 valence electrons. The third kappa shape index (κ3) is 3.55. The van der Waals surface area contributed by atoms with Gasteiger partial charge in [0.2, 0.25) is 5.13 Å². The fourth-order valence-corrected chi connectivity index (χ4v) is 2.90. The zero-order valence-corrected chi connectivity index (χ0v) is 15.1. The van der Waals surface area contributed by atoms with Crippen molar-refractivity contribution >= 4 is 50.6 Å². The number of aromatic nitrogens is 1. The van der Waals surface area contributed by atoms with Crippen LogP contribution < -0.4 is 5.43 Å². The quantitative estimate of drug-likeness (QED) is 0.359. The lowest BCUT2D eigenvalue weighted by Gasteiger charge is -1.93. The van der Waals surface area contributed by atoms with Gasteiger partial charge in [-0.2, -0.15) is 5.10 Å². The predicted octanol–water partition coefficient (Wildman–Crippen LogP) is 5.58. The summed E-state index contributed by atoms with van der Waals surface area (Å²) in [5.41, 5.74) is 5.66. The van der Waals surface area contributed by atoms with Crippen molar-refractivity contribution in [1.29, 1.82) is 0 Å². The number of halogens is 1. The molecule has 4 nitrogen and oxygen atoms in total. The van der Waals surface area contributed by atoms with Crippen molar-refractivity contribution < 1.29 is 4.42 Å². The lowest BCUT2D eigenvalue weighted by atomic mass is 10.2. The second kappa shape index (κ2) is 7.42. The van der Waals surface area contributed by atoms with E-state index < -0.39 is 0 Å². The van der Waals surface area contributed by atoms with Gasteiger partial charge in [-0.3, -0.25) is 5.43 Å². The van der Waals surface area contributed by atoms with Gasteiger partial charge in [-0.1, -0.05) is 48.5 Å². The number of hydrazone groups is 1. The summed E-state index contributed by atoms with van der Waals surface area (Å²) in [6.45, 7) is 0. The number of fused-ring (bicyclic) bond motifs is 1. The van der Waals surface area contributed by atoms with E-state index >= 15 is 0 Å². The second-order valence-corrected chi connectivity index (χ2v) is 5.83. The van der Waals surface area contributed by atoms with Gasteiger partial charge in [-0.15, -0.1) is 28.3 Å². The van der Waals surface area contributed by atoms with Crippen LogP contribution in [0, 0.1) is 0 Å². The van der Waals surface area contributed by atoms with Crippen LogP contribution in [-0.2, 0) is 0 Å². The molecule has 0 atom stereocenters. The molecule has 0 spiro atoms. The standard InChI is InChI=1S/C18H13N3OS.BrH/c1-2-6-13(7-3-1)11-19-21-18-20-15(12-23-18)17-10-14-8-4-5-9-16(14)22-17;/h1-12H,(H,20,21);1H/b19-11+;. The Hall–Kier alpha value is -2.44. The van der Waals surface area contributed by atoms with E-state index in [1.165, 1.54) is 11.3 Å². The van der Waals surface area contributed by atoms with Crippen LogP contribution in [-0.4, -0.2) is 11.2 Å². The van der Waals surface area contributed by atoms with E-state index in [9.17, 15) is 0 Å². The molecule has 2 aromatic carbocycles. The van der Waals surface area contributed by atoms with Gasteiger partial charge in [-0.05, 0) is 17.7 Å². The Labute approximate surface area is 153 Å². The van der Waals surface area contributed by atoms with Gasteiger partial charge < -0.3 is 4.42 Å². The van der Waals surface area contributed by atoms with E-state index in [-0.39, 0.29) is 17.0 Å². The molecule has 0 unspecified atom stereocenters. The highest BCUT2D eigenvalue weighted by molar-refractivity contribution is 8.93. The summed E-state index contributed by atoms with van der Waals surface area (Å²) in [5.74, 6) is 0.766. The van der Waals surface area contributed by atoms with Gasteiger partial charge >= 0.3 is 0 Å². The minimum Gasteiger partial charge on any atom is -0.454 e. The molecule has 0 aliphatic heterocycles. The minimum absolute atomic E-state index is 0. The monoisotopic (exact) mass is 399 g/mol. The number of benzene rings is 2. The van der Waals surface area contributed by atoms with E-state index in [1.807, 2.05) is 66.0 Å². The van der Waals surface area contributed by atoms with E-state index in [2.05, 4.69) is 15.5 Å². The first-order valence-electron chi connectivity index (χ1n) is 7.17. The Morgan fingerprint density at radius 1 is 1.04 bits per heavy atom. The molecule has 4 rings (SSSR count). The molecule has 1 N–H and O–H groups in total. The van der Waals surface area contributed by atoms with Crippen LogP contribution in [0.3, 0.4) is 0 Å². The van der Waals surface area contributed by atoms with E-state index in [4.69, 9.17) is 4.42 Å². The number of hydrogen-bond donors (Lipinski definition) is 1. The molecule has 2 aromatic heterocycles. The Bertz CT molecular complexity index is 929. The number of nitrogens with one attached hydrogen (secondary N) is 1. The summed E-state index contributed by atoms with van der Waals surface area (Å²) >= 11 is 1.49. The first-order chi connectivity index (χ1) is 11.4. The van der Waals surface area contributed by atoms with Crippen LogP contribution in [0.25, 0.3) is 22.4 Å². The maximum Gasteiger partial charge on any atom is 0.203 e. The Morgan fingerprint density at radius 2 is 1.83 bits per heavy atom. The van der Waals surface area contributed by atoms with Crippen molar-refractivity contribution in [3.8, 4) is 11.5 Å². The highest BCUT2D eigenvalue weighted by Crippen LogP contribution is 2.30. The molecule has 24 heavy (non-hydrogen) atoms. The van der Waals surface area contributed by atoms with Gasteiger partial charge in [-0.25, -0.2) is 4.98 Å². The minimum atomic E-state index is 0. The van der Waals surface area contributed by atoms with Crippen molar-refractivity contribution in [3.63, 3.8) is 0 Å². The Balaban J connectivity index is 0.00000169. The SMILES string of the molecule is Br.C(=N\Nc1nc(-c2cc3ccccc3o2)cs1)/c1ccccc1. The van der Waals surface area contributed by atoms with Gasteiger partial charge in [0.25, 0.3) is 0 Å². The average molecular weight is 400 g/mol. The molecule has 0 fully saturated rings. The van der Waals surface area contributed by atoms with E-state index in [1.54, 1.807) is 6.21 Å². The third-order valence-corrected chi connectivity index (χ3v) is 4.10. The molecule has 0 radical (unpaired) electrons. The third-order valence-electron chi connectivity index (χ3n) is 3.36. The van der Waals surface area contributed by atoms with Crippen LogP contribution in [0.2, 0.25) is 0 Å². The lowest BCUT2D eigenvalue weighted by molar-refractivity contribution is 0.629. The van der Waals surface area contributed by atoms with Crippen molar-refractivity contribution in [3.05, 3.63) is 71.6 Å². The molecular weight excluding hydrogens is 386 g/mol. The zero-order chi connectivity index (χ0) is 15.5. The molecule has 0 bridgehead atoms. The van der Waals surface area contributed by atoms with Gasteiger partial charge in [0, 0.05) is 10.8 Å². The summed E-state index contributed by atoms with van der Waals surface area (Å²) in [5, 5.41) is 7.97. The van der Waals surface area contributed by atoms with Crippen LogP contribution in [0.4, 0.5) is 5.13 Å². The number of thiazole rings is 1. The largest absolute Gasteiger partial charge is 0.454 e. The van der Waals surface area contributed by atoms with Gasteiger partial charge in [0.05, 0.1) is 6.21 Å². The smallest absolute Gasteiger partial charge is 0.203 e. The van der Waals surface area contributed by atoms with Crippen molar-refractivity contribution in [2.45, 2.75) is 0 Å². The molecule has 0 saturated heterocycles. The maximum absolute atomic E-state index is 5.82.